The van der Waals surface area contributed by atoms with E-state index in [-0.39, 0.29) is 36.4 Å². The summed E-state index contributed by atoms with van der Waals surface area (Å²) in [6.45, 7) is 5.33. The van der Waals surface area contributed by atoms with Crippen LogP contribution in [0, 0.1) is 0 Å². The number of benzene rings is 1. The number of hydrogen-bond donors (Lipinski definition) is 2. The summed E-state index contributed by atoms with van der Waals surface area (Å²) in [6.07, 6.45) is 2.22. The molecule has 1 aromatic carbocycles. The monoisotopic (exact) mass is 450 g/mol. The molecule has 0 saturated carbocycles. The number of hydrogen-bond acceptors (Lipinski definition) is 2. The third-order valence-corrected chi connectivity index (χ3v) is 3.80. The van der Waals surface area contributed by atoms with Crippen LogP contribution in [0.1, 0.15) is 25.3 Å². The molecule has 1 heterocycles. The van der Waals surface area contributed by atoms with Crippen molar-refractivity contribution in [2.45, 2.75) is 26.3 Å². The molecule has 0 spiro atoms. The standard InChI is InChI=1S/C16H23ClN4O.HI/c1-2-18-16(19-11-13-5-7-14(17)8-6-13)20-12-15(22)21-9-3-4-10-21;/h5-8H,2-4,9-12H2,1H3,(H2,18,19,20);1H. The van der Waals surface area contributed by atoms with Crippen LogP contribution in [-0.4, -0.2) is 42.9 Å². The van der Waals surface area contributed by atoms with Crippen molar-refractivity contribution in [3.05, 3.63) is 34.9 Å². The number of carbonyl (C=O) groups is 1. The summed E-state index contributed by atoms with van der Waals surface area (Å²) in [7, 11) is 0. The maximum atomic E-state index is 12.0. The van der Waals surface area contributed by atoms with Crippen molar-refractivity contribution >= 4 is 47.4 Å². The van der Waals surface area contributed by atoms with Gasteiger partial charge < -0.3 is 15.5 Å². The Labute approximate surface area is 159 Å². The van der Waals surface area contributed by atoms with E-state index in [1.165, 1.54) is 0 Å². The maximum absolute atomic E-state index is 12.0. The first kappa shape index (κ1) is 20.0. The van der Waals surface area contributed by atoms with E-state index in [4.69, 9.17) is 11.6 Å². The number of amides is 1. The van der Waals surface area contributed by atoms with Gasteiger partial charge in [-0.1, -0.05) is 23.7 Å². The molecule has 1 amide bonds. The molecule has 1 fully saturated rings. The molecular formula is C16H24ClIN4O. The Balaban J connectivity index is 0.00000264. The number of guanidine groups is 1. The van der Waals surface area contributed by atoms with Crippen molar-refractivity contribution < 1.29 is 4.79 Å². The molecule has 1 aromatic rings. The topological polar surface area (TPSA) is 56.7 Å². The molecule has 2 rings (SSSR count). The molecule has 1 aliphatic heterocycles. The fourth-order valence-corrected chi connectivity index (χ4v) is 2.47. The van der Waals surface area contributed by atoms with Gasteiger partial charge in [0.15, 0.2) is 5.96 Å². The molecule has 0 bridgehead atoms. The third-order valence-electron chi connectivity index (χ3n) is 3.54. The van der Waals surface area contributed by atoms with Crippen LogP contribution in [0.15, 0.2) is 29.3 Å². The first-order valence-corrected chi connectivity index (χ1v) is 8.11. The van der Waals surface area contributed by atoms with Crippen molar-refractivity contribution in [1.82, 2.24) is 15.5 Å². The summed E-state index contributed by atoms with van der Waals surface area (Å²) in [5.74, 6) is 0.791. The molecule has 2 N–H and O–H groups in total. The van der Waals surface area contributed by atoms with Gasteiger partial charge in [0, 0.05) is 24.7 Å². The molecule has 128 valence electrons. The van der Waals surface area contributed by atoms with Gasteiger partial charge in [-0.2, -0.15) is 0 Å². The molecule has 0 radical (unpaired) electrons. The predicted octanol–water partition coefficient (Wildman–Crippen LogP) is 2.64. The van der Waals surface area contributed by atoms with Crippen LogP contribution < -0.4 is 10.6 Å². The SMILES string of the molecule is CCNC(=NCc1ccc(Cl)cc1)NCC(=O)N1CCCC1.I. The summed E-state index contributed by atoms with van der Waals surface area (Å²) >= 11 is 5.87. The van der Waals surface area contributed by atoms with Gasteiger partial charge in [0.05, 0.1) is 13.1 Å². The minimum Gasteiger partial charge on any atom is -0.357 e. The van der Waals surface area contributed by atoms with E-state index in [1.807, 2.05) is 36.1 Å². The Morgan fingerprint density at radius 1 is 1.22 bits per heavy atom. The van der Waals surface area contributed by atoms with Gasteiger partial charge in [0.2, 0.25) is 5.91 Å². The molecule has 23 heavy (non-hydrogen) atoms. The van der Waals surface area contributed by atoms with Crippen LogP contribution in [0.25, 0.3) is 0 Å². The average Bonchev–Trinajstić information content (AvgIpc) is 3.06. The summed E-state index contributed by atoms with van der Waals surface area (Å²) in [5, 5.41) is 6.97. The zero-order valence-electron chi connectivity index (χ0n) is 13.3. The second-order valence-electron chi connectivity index (χ2n) is 5.26. The van der Waals surface area contributed by atoms with Gasteiger partial charge in [-0.15, -0.1) is 24.0 Å². The minimum atomic E-state index is 0. The van der Waals surface area contributed by atoms with E-state index < -0.39 is 0 Å². The Morgan fingerprint density at radius 3 is 2.48 bits per heavy atom. The van der Waals surface area contributed by atoms with Crippen LogP contribution in [0.4, 0.5) is 0 Å². The fourth-order valence-electron chi connectivity index (χ4n) is 2.34. The Bertz CT molecular complexity index is 515. The number of nitrogens with zero attached hydrogens (tertiary/aromatic N) is 2. The van der Waals surface area contributed by atoms with E-state index in [0.717, 1.165) is 38.0 Å². The van der Waals surface area contributed by atoms with E-state index in [2.05, 4.69) is 15.6 Å². The van der Waals surface area contributed by atoms with Gasteiger partial charge in [0.25, 0.3) is 0 Å². The molecule has 0 aromatic heterocycles. The van der Waals surface area contributed by atoms with Crippen molar-refractivity contribution in [3.63, 3.8) is 0 Å². The Morgan fingerprint density at radius 2 is 1.87 bits per heavy atom. The van der Waals surface area contributed by atoms with E-state index in [0.29, 0.717) is 17.5 Å². The molecule has 5 nitrogen and oxygen atoms in total. The van der Waals surface area contributed by atoms with Crippen LogP contribution in [0.2, 0.25) is 5.02 Å². The van der Waals surface area contributed by atoms with Gasteiger partial charge >= 0.3 is 0 Å². The van der Waals surface area contributed by atoms with Gasteiger partial charge in [-0.05, 0) is 37.5 Å². The van der Waals surface area contributed by atoms with Crippen LogP contribution >= 0.6 is 35.6 Å². The quantitative estimate of drug-likeness (QED) is 0.412. The largest absolute Gasteiger partial charge is 0.357 e. The summed E-state index contributed by atoms with van der Waals surface area (Å²) in [4.78, 5) is 18.4. The fraction of sp³-hybridized carbons (Fsp3) is 0.500. The number of aliphatic imine (C=N–C) groups is 1. The zero-order valence-corrected chi connectivity index (χ0v) is 16.4. The van der Waals surface area contributed by atoms with Crippen LogP contribution in [0.3, 0.4) is 0 Å². The zero-order chi connectivity index (χ0) is 15.8. The lowest BCUT2D eigenvalue weighted by molar-refractivity contribution is -0.128. The maximum Gasteiger partial charge on any atom is 0.241 e. The smallest absolute Gasteiger partial charge is 0.241 e. The summed E-state index contributed by atoms with van der Waals surface area (Å²) < 4.78 is 0. The lowest BCUT2D eigenvalue weighted by Gasteiger charge is -2.17. The van der Waals surface area contributed by atoms with Gasteiger partial charge in [0.1, 0.15) is 0 Å². The molecule has 0 unspecified atom stereocenters. The number of carbonyl (C=O) groups excluding carboxylic acids is 1. The molecule has 0 atom stereocenters. The highest BCUT2D eigenvalue weighted by molar-refractivity contribution is 14.0. The first-order valence-electron chi connectivity index (χ1n) is 7.73. The van der Waals surface area contributed by atoms with Gasteiger partial charge in [-0.3, -0.25) is 4.79 Å². The highest BCUT2D eigenvalue weighted by atomic mass is 127. The molecular weight excluding hydrogens is 427 g/mol. The minimum absolute atomic E-state index is 0. The van der Waals surface area contributed by atoms with Crippen molar-refractivity contribution in [2.24, 2.45) is 4.99 Å². The van der Waals surface area contributed by atoms with E-state index in [9.17, 15) is 4.79 Å². The second kappa shape index (κ2) is 10.7. The van der Waals surface area contributed by atoms with Crippen LogP contribution in [-0.2, 0) is 11.3 Å². The Hall–Kier alpha value is -1.02. The number of nitrogens with one attached hydrogen (secondary N) is 2. The summed E-state index contributed by atoms with van der Waals surface area (Å²) in [6, 6.07) is 7.60. The molecule has 1 aliphatic rings. The number of halogens is 2. The number of likely N-dealkylation sites (tertiary alicyclic amines) is 1. The lowest BCUT2D eigenvalue weighted by atomic mass is 10.2. The second-order valence-corrected chi connectivity index (χ2v) is 5.70. The van der Waals surface area contributed by atoms with Crippen molar-refractivity contribution in [3.8, 4) is 0 Å². The highest BCUT2D eigenvalue weighted by Gasteiger charge is 2.17. The molecule has 0 aliphatic carbocycles. The molecule has 1 saturated heterocycles. The predicted molar refractivity (Wildman–Crippen MR) is 105 cm³/mol. The normalized spacial score (nSPS) is 14.3. The lowest BCUT2D eigenvalue weighted by Crippen LogP contribution is -2.44. The third kappa shape index (κ3) is 6.95. The summed E-state index contributed by atoms with van der Waals surface area (Å²) in [5.41, 5.74) is 1.08. The Kier molecular flexibility index (Phi) is 9.31. The average molecular weight is 451 g/mol. The van der Waals surface area contributed by atoms with E-state index >= 15 is 0 Å². The van der Waals surface area contributed by atoms with E-state index in [1.54, 1.807) is 0 Å². The van der Waals surface area contributed by atoms with Gasteiger partial charge in [-0.25, -0.2) is 4.99 Å². The highest BCUT2D eigenvalue weighted by Crippen LogP contribution is 2.10. The molecule has 7 heteroatoms. The number of rotatable bonds is 5. The van der Waals surface area contributed by atoms with Crippen molar-refractivity contribution in [1.29, 1.82) is 0 Å². The van der Waals surface area contributed by atoms with Crippen LogP contribution in [0.5, 0.6) is 0 Å². The van der Waals surface area contributed by atoms with Crippen molar-refractivity contribution in [2.75, 3.05) is 26.2 Å². The first-order chi connectivity index (χ1) is 10.7.